The summed E-state index contributed by atoms with van der Waals surface area (Å²) in [6, 6.07) is 18.7. The average molecular weight is 287 g/mol. The van der Waals surface area contributed by atoms with Crippen molar-refractivity contribution in [2.75, 3.05) is 0 Å². The van der Waals surface area contributed by atoms with Gasteiger partial charge in [-0.25, -0.2) is 0 Å². The van der Waals surface area contributed by atoms with E-state index in [1.807, 2.05) is 30.5 Å². The van der Waals surface area contributed by atoms with Gasteiger partial charge in [0, 0.05) is 22.5 Å². The fourth-order valence-corrected chi connectivity index (χ4v) is 2.85. The van der Waals surface area contributed by atoms with E-state index in [0.29, 0.717) is 5.92 Å². The maximum atomic E-state index is 5.88. The van der Waals surface area contributed by atoms with Gasteiger partial charge in [-0.1, -0.05) is 32.0 Å². The van der Waals surface area contributed by atoms with Gasteiger partial charge >= 0.3 is 0 Å². The first-order valence-electron chi connectivity index (χ1n) is 7.60. The lowest BCUT2D eigenvalue weighted by molar-refractivity contribution is 0.669. The fraction of sp³-hybridized carbons (Fsp3) is 0.150. The molecule has 0 aliphatic carbocycles. The third kappa shape index (κ3) is 2.08. The molecule has 0 bridgehead atoms. The molecule has 0 saturated carbocycles. The van der Waals surface area contributed by atoms with Crippen LogP contribution < -0.4 is 0 Å². The van der Waals surface area contributed by atoms with E-state index in [0.717, 1.165) is 33.2 Å². The first-order chi connectivity index (χ1) is 10.7. The second-order valence-corrected chi connectivity index (χ2v) is 5.94. The molecular formula is C20H17NO. The van der Waals surface area contributed by atoms with Crippen molar-refractivity contribution in [3.63, 3.8) is 0 Å². The second kappa shape index (κ2) is 4.99. The highest BCUT2D eigenvalue weighted by molar-refractivity contribution is 6.06. The van der Waals surface area contributed by atoms with Crippen LogP contribution in [-0.2, 0) is 0 Å². The molecule has 0 radical (unpaired) electrons. The predicted octanol–water partition coefficient (Wildman–Crippen LogP) is 5.77. The molecule has 2 aromatic carbocycles. The number of aromatic nitrogens is 1. The summed E-state index contributed by atoms with van der Waals surface area (Å²) in [5, 5.41) is 2.30. The van der Waals surface area contributed by atoms with Crippen molar-refractivity contribution in [3.05, 3.63) is 66.4 Å². The van der Waals surface area contributed by atoms with E-state index in [-0.39, 0.29) is 0 Å². The van der Waals surface area contributed by atoms with Crippen LogP contribution in [0.25, 0.3) is 33.2 Å². The van der Waals surface area contributed by atoms with Crippen LogP contribution in [0.4, 0.5) is 0 Å². The number of hydrogen-bond acceptors (Lipinski definition) is 2. The molecule has 108 valence electrons. The summed E-state index contributed by atoms with van der Waals surface area (Å²) in [6.45, 7) is 4.40. The van der Waals surface area contributed by atoms with Gasteiger partial charge in [0.1, 0.15) is 11.2 Å². The van der Waals surface area contributed by atoms with Crippen LogP contribution in [0.3, 0.4) is 0 Å². The summed E-state index contributed by atoms with van der Waals surface area (Å²) in [5.74, 6) is 0.500. The minimum absolute atomic E-state index is 0.500. The monoisotopic (exact) mass is 287 g/mol. The van der Waals surface area contributed by atoms with Crippen molar-refractivity contribution in [2.45, 2.75) is 19.8 Å². The normalized spacial score (nSPS) is 11.6. The zero-order valence-corrected chi connectivity index (χ0v) is 12.7. The minimum Gasteiger partial charge on any atom is -0.456 e. The maximum absolute atomic E-state index is 5.88. The summed E-state index contributed by atoms with van der Waals surface area (Å²) < 4.78 is 5.88. The Labute approximate surface area is 129 Å². The van der Waals surface area contributed by atoms with Crippen molar-refractivity contribution in [1.29, 1.82) is 0 Å². The lowest BCUT2D eigenvalue weighted by Gasteiger charge is -2.07. The van der Waals surface area contributed by atoms with Gasteiger partial charge in [-0.2, -0.15) is 0 Å². The Morgan fingerprint density at radius 3 is 2.55 bits per heavy atom. The van der Waals surface area contributed by atoms with E-state index in [1.165, 1.54) is 5.56 Å². The van der Waals surface area contributed by atoms with E-state index >= 15 is 0 Å². The van der Waals surface area contributed by atoms with Crippen LogP contribution in [0.1, 0.15) is 25.3 Å². The van der Waals surface area contributed by atoms with Gasteiger partial charge in [0.05, 0.1) is 5.69 Å². The third-order valence-electron chi connectivity index (χ3n) is 4.12. The molecule has 0 aliphatic rings. The number of nitrogens with zero attached hydrogens (tertiary/aromatic N) is 1. The summed E-state index contributed by atoms with van der Waals surface area (Å²) in [5.41, 5.74) is 5.30. The standard InChI is InChI=1S/C20H17NO/c1-13(2)14-9-10-21-18(12-14)15-7-8-20-17(11-15)16-5-3-4-6-19(16)22-20/h3-13H,1-2H3. The van der Waals surface area contributed by atoms with E-state index in [1.54, 1.807) is 0 Å². The highest BCUT2D eigenvalue weighted by Crippen LogP contribution is 2.32. The molecule has 2 aromatic heterocycles. The lowest BCUT2D eigenvalue weighted by Crippen LogP contribution is -1.90. The van der Waals surface area contributed by atoms with E-state index in [9.17, 15) is 0 Å². The van der Waals surface area contributed by atoms with Gasteiger partial charge in [0.25, 0.3) is 0 Å². The first-order valence-corrected chi connectivity index (χ1v) is 7.60. The molecule has 0 spiro atoms. The third-order valence-corrected chi connectivity index (χ3v) is 4.12. The fourth-order valence-electron chi connectivity index (χ4n) is 2.85. The van der Waals surface area contributed by atoms with Crippen LogP contribution in [0.2, 0.25) is 0 Å². The molecule has 0 fully saturated rings. The summed E-state index contributed by atoms with van der Waals surface area (Å²) >= 11 is 0. The van der Waals surface area contributed by atoms with Crippen molar-refractivity contribution < 1.29 is 4.42 Å². The molecule has 22 heavy (non-hydrogen) atoms. The maximum Gasteiger partial charge on any atom is 0.135 e. The second-order valence-electron chi connectivity index (χ2n) is 5.94. The van der Waals surface area contributed by atoms with Crippen LogP contribution >= 0.6 is 0 Å². The van der Waals surface area contributed by atoms with Gasteiger partial charge in [0.2, 0.25) is 0 Å². The molecule has 2 heterocycles. The van der Waals surface area contributed by atoms with E-state index < -0.39 is 0 Å². The zero-order chi connectivity index (χ0) is 15.1. The Morgan fingerprint density at radius 2 is 1.68 bits per heavy atom. The molecule has 0 saturated heterocycles. The molecule has 0 amide bonds. The Hall–Kier alpha value is -2.61. The number of fused-ring (bicyclic) bond motifs is 3. The van der Waals surface area contributed by atoms with Crippen molar-refractivity contribution in [3.8, 4) is 11.3 Å². The molecule has 4 rings (SSSR count). The number of benzene rings is 2. The molecule has 0 atom stereocenters. The SMILES string of the molecule is CC(C)c1ccnc(-c2ccc3oc4ccccc4c3c2)c1. The van der Waals surface area contributed by atoms with Crippen LogP contribution in [0.15, 0.2) is 65.2 Å². The topological polar surface area (TPSA) is 26.0 Å². The molecule has 2 heteroatoms. The number of pyridine rings is 1. The Morgan fingerprint density at radius 1 is 0.864 bits per heavy atom. The van der Waals surface area contributed by atoms with Gasteiger partial charge < -0.3 is 4.42 Å². The van der Waals surface area contributed by atoms with E-state index in [4.69, 9.17) is 4.42 Å². The quantitative estimate of drug-likeness (QED) is 0.467. The smallest absolute Gasteiger partial charge is 0.135 e. The molecular weight excluding hydrogens is 270 g/mol. The molecule has 0 unspecified atom stereocenters. The van der Waals surface area contributed by atoms with Crippen molar-refractivity contribution >= 4 is 21.9 Å². The number of furan rings is 1. The average Bonchev–Trinajstić information content (AvgIpc) is 2.92. The van der Waals surface area contributed by atoms with Crippen LogP contribution in [0, 0.1) is 0 Å². The summed E-state index contributed by atoms with van der Waals surface area (Å²) in [7, 11) is 0. The highest BCUT2D eigenvalue weighted by Gasteiger charge is 2.09. The first kappa shape index (κ1) is 13.1. The predicted molar refractivity (Wildman–Crippen MR) is 91.0 cm³/mol. The van der Waals surface area contributed by atoms with Crippen molar-refractivity contribution in [1.82, 2.24) is 4.98 Å². The number of para-hydroxylation sites is 1. The number of hydrogen-bond donors (Lipinski definition) is 0. The molecule has 0 aliphatic heterocycles. The largest absolute Gasteiger partial charge is 0.456 e. The molecule has 0 N–H and O–H groups in total. The molecule has 4 aromatic rings. The number of rotatable bonds is 2. The Kier molecular flexibility index (Phi) is 2.97. The van der Waals surface area contributed by atoms with Crippen LogP contribution in [0.5, 0.6) is 0 Å². The van der Waals surface area contributed by atoms with E-state index in [2.05, 4.69) is 49.2 Å². The molecule has 2 nitrogen and oxygen atoms in total. The lowest BCUT2D eigenvalue weighted by atomic mass is 10.0. The van der Waals surface area contributed by atoms with Crippen molar-refractivity contribution in [2.24, 2.45) is 0 Å². The summed E-state index contributed by atoms with van der Waals surface area (Å²) in [4.78, 5) is 4.53. The van der Waals surface area contributed by atoms with Gasteiger partial charge in [-0.15, -0.1) is 0 Å². The van der Waals surface area contributed by atoms with Gasteiger partial charge in [-0.05, 0) is 47.9 Å². The Balaban J connectivity index is 1.92. The van der Waals surface area contributed by atoms with Crippen LogP contribution in [-0.4, -0.2) is 4.98 Å². The summed E-state index contributed by atoms with van der Waals surface area (Å²) in [6.07, 6.45) is 1.89. The zero-order valence-electron chi connectivity index (χ0n) is 12.7. The Bertz CT molecular complexity index is 966. The van der Waals surface area contributed by atoms with Gasteiger partial charge in [-0.3, -0.25) is 4.98 Å². The van der Waals surface area contributed by atoms with Gasteiger partial charge in [0.15, 0.2) is 0 Å². The highest BCUT2D eigenvalue weighted by atomic mass is 16.3. The minimum atomic E-state index is 0.500.